The number of rotatable bonds is 6. The Morgan fingerprint density at radius 2 is 2.04 bits per heavy atom. The maximum absolute atomic E-state index is 12.8. The van der Waals surface area contributed by atoms with Gasteiger partial charge >= 0.3 is 0 Å². The van der Waals surface area contributed by atoms with Gasteiger partial charge in [0.1, 0.15) is 5.75 Å². The Balaban J connectivity index is 1.89. The van der Waals surface area contributed by atoms with E-state index in [0.717, 1.165) is 0 Å². The Labute approximate surface area is 168 Å². The van der Waals surface area contributed by atoms with Gasteiger partial charge in [-0.2, -0.15) is 0 Å². The van der Waals surface area contributed by atoms with Crippen LogP contribution in [0.1, 0.15) is 10.4 Å². The summed E-state index contributed by atoms with van der Waals surface area (Å²) < 4.78 is 35.8. The molecule has 0 bridgehead atoms. The third-order valence-corrected chi connectivity index (χ3v) is 6.66. The number of benzene rings is 2. The molecular weight excluding hydrogens is 406 g/mol. The summed E-state index contributed by atoms with van der Waals surface area (Å²) >= 11 is 6.06. The number of hydrogen-bond acceptors (Lipinski definition) is 6. The first-order valence-corrected chi connectivity index (χ1v) is 10.6. The topological polar surface area (TPSA) is 102 Å². The average Bonchev–Trinajstić information content (AvgIpc) is 3.07. The van der Waals surface area contributed by atoms with Gasteiger partial charge in [0.2, 0.25) is 0 Å². The lowest BCUT2D eigenvalue weighted by atomic mass is 10.1. The van der Waals surface area contributed by atoms with Crippen LogP contribution in [0.5, 0.6) is 5.75 Å². The number of carbonyl (C=O) groups is 1. The van der Waals surface area contributed by atoms with Gasteiger partial charge in [0.05, 0.1) is 53.3 Å². The van der Waals surface area contributed by atoms with E-state index < -0.39 is 27.8 Å². The third kappa shape index (κ3) is 4.47. The summed E-state index contributed by atoms with van der Waals surface area (Å²) in [7, 11) is -2.35. The number of anilines is 1. The molecule has 9 heteroatoms. The number of methoxy groups -OCH3 is 1. The molecule has 1 unspecified atom stereocenters. The van der Waals surface area contributed by atoms with Crippen molar-refractivity contribution >= 4 is 33.0 Å². The highest BCUT2D eigenvalue weighted by Gasteiger charge is 2.32. The number of halogens is 1. The standard InChI is InChI=1S/C19H20ClNO6S/c1-26-18-7-6-13(28(24,25)11-12-9-27-10-17(12)22)8-14(18)19(23)21-16-5-3-2-4-15(16)20/h2-8,12,17,22H,9-11H2,1H3,(H,21,23)/t12?,17-/m1/s1. The molecule has 0 spiro atoms. The molecule has 2 aromatic rings. The monoisotopic (exact) mass is 425 g/mol. The first-order valence-electron chi connectivity index (χ1n) is 8.54. The lowest BCUT2D eigenvalue weighted by Crippen LogP contribution is -2.26. The van der Waals surface area contributed by atoms with Crippen LogP contribution in [0.25, 0.3) is 0 Å². The largest absolute Gasteiger partial charge is 0.496 e. The Morgan fingerprint density at radius 1 is 1.29 bits per heavy atom. The van der Waals surface area contributed by atoms with Crippen LogP contribution in [0.3, 0.4) is 0 Å². The predicted molar refractivity (Wildman–Crippen MR) is 105 cm³/mol. The zero-order chi connectivity index (χ0) is 20.3. The number of aliphatic hydroxyl groups excluding tert-OH is 1. The average molecular weight is 426 g/mol. The molecule has 7 nitrogen and oxygen atoms in total. The maximum Gasteiger partial charge on any atom is 0.259 e. The highest BCUT2D eigenvalue weighted by molar-refractivity contribution is 7.91. The Hall–Kier alpha value is -2.13. The molecule has 1 aliphatic heterocycles. The van der Waals surface area contributed by atoms with E-state index in [9.17, 15) is 18.3 Å². The van der Waals surface area contributed by atoms with Crippen molar-refractivity contribution in [1.82, 2.24) is 0 Å². The van der Waals surface area contributed by atoms with Crippen molar-refractivity contribution in [2.45, 2.75) is 11.0 Å². The van der Waals surface area contributed by atoms with Gasteiger partial charge in [-0.15, -0.1) is 0 Å². The summed E-state index contributed by atoms with van der Waals surface area (Å²) in [5.41, 5.74) is 0.461. The van der Waals surface area contributed by atoms with Gasteiger partial charge in [0, 0.05) is 5.92 Å². The first-order chi connectivity index (χ1) is 13.3. The molecule has 1 fully saturated rings. The highest BCUT2D eigenvalue weighted by Crippen LogP contribution is 2.28. The second-order valence-corrected chi connectivity index (χ2v) is 8.88. The minimum Gasteiger partial charge on any atom is -0.496 e. The van der Waals surface area contributed by atoms with Crippen LogP contribution in [0, 0.1) is 5.92 Å². The van der Waals surface area contributed by atoms with E-state index in [1.807, 2.05) is 0 Å². The van der Waals surface area contributed by atoms with Crippen molar-refractivity contribution in [1.29, 1.82) is 0 Å². The normalized spacial score (nSPS) is 19.4. The first kappa shape index (κ1) is 20.6. The second-order valence-electron chi connectivity index (χ2n) is 6.44. The molecule has 28 heavy (non-hydrogen) atoms. The van der Waals surface area contributed by atoms with Crippen LogP contribution in [-0.4, -0.2) is 51.6 Å². The minimum atomic E-state index is -3.74. The van der Waals surface area contributed by atoms with Gasteiger partial charge < -0.3 is 19.9 Å². The lowest BCUT2D eigenvalue weighted by Gasteiger charge is -2.15. The number of carbonyl (C=O) groups excluding carboxylic acids is 1. The summed E-state index contributed by atoms with van der Waals surface area (Å²) in [6, 6.07) is 10.8. The van der Waals surface area contributed by atoms with E-state index in [2.05, 4.69) is 5.32 Å². The van der Waals surface area contributed by atoms with E-state index in [1.54, 1.807) is 24.3 Å². The van der Waals surface area contributed by atoms with E-state index >= 15 is 0 Å². The Morgan fingerprint density at radius 3 is 2.68 bits per heavy atom. The summed E-state index contributed by atoms with van der Waals surface area (Å²) in [5, 5.41) is 12.8. The molecule has 1 saturated heterocycles. The van der Waals surface area contributed by atoms with E-state index in [0.29, 0.717) is 10.7 Å². The van der Waals surface area contributed by atoms with Crippen LogP contribution < -0.4 is 10.1 Å². The van der Waals surface area contributed by atoms with Crippen LogP contribution in [0.4, 0.5) is 5.69 Å². The Bertz CT molecular complexity index is 978. The molecule has 1 amide bonds. The maximum atomic E-state index is 12.8. The molecule has 0 saturated carbocycles. The molecule has 1 heterocycles. The molecule has 3 rings (SSSR count). The van der Waals surface area contributed by atoms with E-state index in [4.69, 9.17) is 21.1 Å². The molecule has 0 radical (unpaired) electrons. The summed E-state index contributed by atoms with van der Waals surface area (Å²) in [6.45, 7) is 0.296. The summed E-state index contributed by atoms with van der Waals surface area (Å²) in [4.78, 5) is 12.7. The highest BCUT2D eigenvalue weighted by atomic mass is 35.5. The van der Waals surface area contributed by atoms with Crippen molar-refractivity contribution in [3.05, 3.63) is 53.1 Å². The molecule has 2 N–H and O–H groups in total. The number of ether oxygens (including phenoxy) is 2. The second kappa shape index (κ2) is 8.48. The molecular formula is C19H20ClNO6S. The van der Waals surface area contributed by atoms with Gasteiger partial charge in [-0.3, -0.25) is 4.79 Å². The molecule has 2 atom stereocenters. The van der Waals surface area contributed by atoms with Crippen molar-refractivity contribution in [2.24, 2.45) is 5.92 Å². The van der Waals surface area contributed by atoms with Crippen molar-refractivity contribution in [3.8, 4) is 5.75 Å². The van der Waals surface area contributed by atoms with Crippen LogP contribution >= 0.6 is 11.6 Å². The molecule has 1 aliphatic rings. The lowest BCUT2D eigenvalue weighted by molar-refractivity contribution is 0.102. The molecule has 0 aromatic heterocycles. The molecule has 150 valence electrons. The van der Waals surface area contributed by atoms with Gasteiger partial charge in [-0.05, 0) is 30.3 Å². The molecule has 0 aliphatic carbocycles. The van der Waals surface area contributed by atoms with Crippen molar-refractivity contribution < 1.29 is 27.8 Å². The number of nitrogens with one attached hydrogen (secondary N) is 1. The fourth-order valence-electron chi connectivity index (χ4n) is 2.93. The van der Waals surface area contributed by atoms with E-state index in [1.165, 1.54) is 25.3 Å². The third-order valence-electron chi connectivity index (χ3n) is 4.49. The zero-order valence-electron chi connectivity index (χ0n) is 15.1. The fourth-order valence-corrected chi connectivity index (χ4v) is 4.77. The summed E-state index contributed by atoms with van der Waals surface area (Å²) in [5.74, 6) is -1.10. The fraction of sp³-hybridized carbons (Fsp3) is 0.316. The molecule has 2 aromatic carbocycles. The number of sulfone groups is 1. The van der Waals surface area contributed by atoms with E-state index in [-0.39, 0.29) is 35.2 Å². The number of aliphatic hydroxyl groups is 1. The van der Waals surface area contributed by atoms with Gasteiger partial charge in [0.15, 0.2) is 9.84 Å². The van der Waals surface area contributed by atoms with Crippen LogP contribution in [0.2, 0.25) is 5.02 Å². The zero-order valence-corrected chi connectivity index (χ0v) is 16.7. The smallest absolute Gasteiger partial charge is 0.259 e. The van der Waals surface area contributed by atoms with Crippen LogP contribution in [-0.2, 0) is 14.6 Å². The Kier molecular flexibility index (Phi) is 6.24. The number of hydrogen-bond donors (Lipinski definition) is 2. The van der Waals surface area contributed by atoms with Crippen molar-refractivity contribution in [2.75, 3.05) is 31.4 Å². The number of amides is 1. The van der Waals surface area contributed by atoms with Gasteiger partial charge in [-0.25, -0.2) is 8.42 Å². The quantitative estimate of drug-likeness (QED) is 0.736. The predicted octanol–water partition coefficient (Wildman–Crippen LogP) is 2.38. The minimum absolute atomic E-state index is 0.0308. The van der Waals surface area contributed by atoms with Crippen molar-refractivity contribution in [3.63, 3.8) is 0 Å². The number of para-hydroxylation sites is 1. The SMILES string of the molecule is COc1ccc(S(=O)(=O)CC2COC[C@H]2O)cc1C(=O)Nc1ccccc1Cl. The van der Waals surface area contributed by atoms with Crippen LogP contribution in [0.15, 0.2) is 47.4 Å². The van der Waals surface area contributed by atoms with Gasteiger partial charge in [-0.1, -0.05) is 23.7 Å². The van der Waals surface area contributed by atoms with Gasteiger partial charge in [0.25, 0.3) is 5.91 Å². The summed E-state index contributed by atoms with van der Waals surface area (Å²) in [6.07, 6.45) is -0.823.